The summed E-state index contributed by atoms with van der Waals surface area (Å²) in [5.74, 6) is -0.214. The van der Waals surface area contributed by atoms with Crippen molar-refractivity contribution < 1.29 is 4.79 Å². The quantitative estimate of drug-likeness (QED) is 0.727. The first-order valence-corrected chi connectivity index (χ1v) is 8.11. The Morgan fingerprint density at radius 1 is 1.25 bits per heavy atom. The summed E-state index contributed by atoms with van der Waals surface area (Å²) in [6.07, 6.45) is 6.29. The van der Waals surface area contributed by atoms with E-state index in [0.29, 0.717) is 12.1 Å². The molecule has 0 aromatic heterocycles. The average Bonchev–Trinajstić information content (AvgIpc) is 2.91. The Bertz CT molecular complexity index is 365. The van der Waals surface area contributed by atoms with Crippen LogP contribution in [-0.4, -0.2) is 66.1 Å². The van der Waals surface area contributed by atoms with Crippen molar-refractivity contribution in [1.29, 1.82) is 0 Å². The van der Waals surface area contributed by atoms with Gasteiger partial charge in [-0.2, -0.15) is 0 Å². The number of hydrogen-bond donors (Lipinski definition) is 2. The van der Waals surface area contributed by atoms with E-state index in [1.54, 1.807) is 0 Å². The molecule has 0 spiro atoms. The normalized spacial score (nSPS) is 31.6. The third kappa shape index (κ3) is 3.15. The first-order valence-electron chi connectivity index (χ1n) is 8.11. The third-order valence-electron chi connectivity index (χ3n) is 5.09. The van der Waals surface area contributed by atoms with Crippen LogP contribution in [0, 0.1) is 0 Å². The van der Waals surface area contributed by atoms with Gasteiger partial charge in [-0.15, -0.1) is 0 Å². The average molecular weight is 280 g/mol. The topological polar surface area (TPSA) is 61.6 Å². The molecule has 0 aromatic carbocycles. The van der Waals surface area contributed by atoms with Crippen molar-refractivity contribution in [2.45, 2.75) is 56.7 Å². The predicted molar refractivity (Wildman–Crippen MR) is 79.4 cm³/mol. The summed E-state index contributed by atoms with van der Waals surface area (Å²) in [6.45, 7) is 7.42. The summed E-state index contributed by atoms with van der Waals surface area (Å²) in [5.41, 5.74) is 5.08. The van der Waals surface area contributed by atoms with Gasteiger partial charge in [0.2, 0.25) is 5.91 Å². The van der Waals surface area contributed by atoms with Crippen molar-refractivity contribution in [3.05, 3.63) is 0 Å². The van der Waals surface area contributed by atoms with Gasteiger partial charge in [-0.05, 0) is 58.7 Å². The van der Waals surface area contributed by atoms with E-state index >= 15 is 0 Å². The van der Waals surface area contributed by atoms with Gasteiger partial charge in [-0.25, -0.2) is 0 Å². The number of likely N-dealkylation sites (tertiary alicyclic amines) is 2. The van der Waals surface area contributed by atoms with E-state index in [9.17, 15) is 4.79 Å². The monoisotopic (exact) mass is 280 g/mol. The summed E-state index contributed by atoms with van der Waals surface area (Å²) in [5, 5.41) is 3.45. The van der Waals surface area contributed by atoms with Crippen molar-refractivity contribution in [3.63, 3.8) is 0 Å². The van der Waals surface area contributed by atoms with Crippen molar-refractivity contribution >= 4 is 5.91 Å². The largest absolute Gasteiger partial charge is 0.368 e. The smallest absolute Gasteiger partial charge is 0.238 e. The van der Waals surface area contributed by atoms with Crippen LogP contribution in [0.25, 0.3) is 0 Å². The van der Waals surface area contributed by atoms with E-state index in [1.807, 2.05) is 6.92 Å². The fourth-order valence-electron chi connectivity index (χ4n) is 3.68. The van der Waals surface area contributed by atoms with Gasteiger partial charge in [-0.3, -0.25) is 19.9 Å². The van der Waals surface area contributed by atoms with E-state index < -0.39 is 5.54 Å². The lowest BCUT2D eigenvalue weighted by Gasteiger charge is -2.32. The summed E-state index contributed by atoms with van der Waals surface area (Å²) in [4.78, 5) is 16.9. The van der Waals surface area contributed by atoms with Crippen LogP contribution in [0.5, 0.6) is 0 Å². The second kappa shape index (κ2) is 5.62. The predicted octanol–water partition coefficient (Wildman–Crippen LogP) is 0.153. The molecular formula is C15H28N4O. The van der Waals surface area contributed by atoms with Crippen LogP contribution in [0.4, 0.5) is 0 Å². The Balaban J connectivity index is 1.54. The van der Waals surface area contributed by atoms with Crippen LogP contribution in [0.2, 0.25) is 0 Å². The van der Waals surface area contributed by atoms with Crippen LogP contribution in [0.15, 0.2) is 0 Å². The molecule has 0 aromatic rings. The highest BCUT2D eigenvalue weighted by Gasteiger charge is 2.40. The zero-order valence-electron chi connectivity index (χ0n) is 12.6. The number of nitrogens with zero attached hydrogens (tertiary/aromatic N) is 2. The zero-order chi connectivity index (χ0) is 14.2. The summed E-state index contributed by atoms with van der Waals surface area (Å²) >= 11 is 0. The molecule has 3 fully saturated rings. The van der Waals surface area contributed by atoms with E-state index in [2.05, 4.69) is 15.1 Å². The Hall–Kier alpha value is -0.650. The van der Waals surface area contributed by atoms with Crippen molar-refractivity contribution in [3.8, 4) is 0 Å². The number of hydrogen-bond acceptors (Lipinski definition) is 4. The van der Waals surface area contributed by atoms with Crippen molar-refractivity contribution in [2.24, 2.45) is 5.73 Å². The number of carbonyl (C=O) groups is 1. The van der Waals surface area contributed by atoms with E-state index in [0.717, 1.165) is 19.6 Å². The molecule has 3 rings (SSSR count). The maximum absolute atomic E-state index is 11.8. The molecule has 1 amide bonds. The molecule has 114 valence electrons. The maximum atomic E-state index is 11.8. The Morgan fingerprint density at radius 2 is 1.95 bits per heavy atom. The number of nitrogens with one attached hydrogen (secondary N) is 1. The molecule has 2 heterocycles. The lowest BCUT2D eigenvalue weighted by atomic mass is 10.0. The summed E-state index contributed by atoms with van der Waals surface area (Å²) < 4.78 is 0. The van der Waals surface area contributed by atoms with E-state index in [4.69, 9.17) is 5.73 Å². The molecule has 20 heavy (non-hydrogen) atoms. The number of primary amides is 1. The third-order valence-corrected chi connectivity index (χ3v) is 5.09. The molecule has 2 saturated heterocycles. The highest BCUT2D eigenvalue weighted by molar-refractivity contribution is 5.84. The Labute approximate surface area is 121 Å². The molecule has 5 nitrogen and oxygen atoms in total. The van der Waals surface area contributed by atoms with Gasteiger partial charge in [0.15, 0.2) is 0 Å². The lowest BCUT2D eigenvalue weighted by molar-refractivity contribution is -0.124. The first-order chi connectivity index (χ1) is 9.57. The van der Waals surface area contributed by atoms with Crippen LogP contribution < -0.4 is 11.1 Å². The second-order valence-electron chi connectivity index (χ2n) is 7.04. The first kappa shape index (κ1) is 14.3. The van der Waals surface area contributed by atoms with Gasteiger partial charge >= 0.3 is 0 Å². The molecule has 0 bridgehead atoms. The molecule has 3 aliphatic rings. The van der Waals surface area contributed by atoms with Gasteiger partial charge in [-0.1, -0.05) is 0 Å². The maximum Gasteiger partial charge on any atom is 0.238 e. The standard InChI is InChI=1S/C15H28N4O/c1-15(14(16)20,17-12-4-5-12)11-18-9-6-13(10-18)19-7-2-3-8-19/h12-13,17H,2-11H2,1H3,(H2,16,20). The molecule has 1 saturated carbocycles. The van der Waals surface area contributed by atoms with E-state index in [1.165, 1.54) is 45.2 Å². The van der Waals surface area contributed by atoms with Gasteiger partial charge in [0.05, 0.1) is 0 Å². The van der Waals surface area contributed by atoms with Gasteiger partial charge < -0.3 is 5.73 Å². The molecule has 3 N–H and O–H groups in total. The lowest BCUT2D eigenvalue weighted by Crippen LogP contribution is -2.60. The Morgan fingerprint density at radius 3 is 2.55 bits per heavy atom. The molecule has 2 aliphatic heterocycles. The molecule has 2 atom stereocenters. The van der Waals surface area contributed by atoms with Crippen molar-refractivity contribution in [2.75, 3.05) is 32.7 Å². The van der Waals surface area contributed by atoms with Gasteiger partial charge in [0.1, 0.15) is 5.54 Å². The minimum absolute atomic E-state index is 0.214. The molecular weight excluding hydrogens is 252 g/mol. The zero-order valence-corrected chi connectivity index (χ0v) is 12.6. The molecule has 1 aliphatic carbocycles. The minimum Gasteiger partial charge on any atom is -0.368 e. The highest BCUT2D eigenvalue weighted by atomic mass is 16.1. The number of nitrogens with two attached hydrogens (primary N) is 1. The number of rotatable bonds is 6. The van der Waals surface area contributed by atoms with Crippen LogP contribution in [-0.2, 0) is 4.79 Å². The highest BCUT2D eigenvalue weighted by Crippen LogP contribution is 2.25. The van der Waals surface area contributed by atoms with Crippen molar-refractivity contribution in [1.82, 2.24) is 15.1 Å². The summed E-state index contributed by atoms with van der Waals surface area (Å²) in [6, 6.07) is 1.19. The van der Waals surface area contributed by atoms with Crippen LogP contribution in [0.3, 0.4) is 0 Å². The fraction of sp³-hybridized carbons (Fsp3) is 0.933. The van der Waals surface area contributed by atoms with E-state index in [-0.39, 0.29) is 5.91 Å². The summed E-state index contributed by atoms with van der Waals surface area (Å²) in [7, 11) is 0. The molecule has 5 heteroatoms. The Kier molecular flexibility index (Phi) is 4.02. The number of carbonyl (C=O) groups excluding carboxylic acids is 1. The van der Waals surface area contributed by atoms with Crippen LogP contribution in [0.1, 0.15) is 39.0 Å². The molecule has 0 radical (unpaired) electrons. The second-order valence-corrected chi connectivity index (χ2v) is 7.04. The van der Waals surface area contributed by atoms with Gasteiger partial charge in [0.25, 0.3) is 0 Å². The molecule has 2 unspecified atom stereocenters. The van der Waals surface area contributed by atoms with Crippen LogP contribution >= 0.6 is 0 Å². The van der Waals surface area contributed by atoms with Gasteiger partial charge in [0, 0.05) is 25.2 Å². The fourth-order valence-corrected chi connectivity index (χ4v) is 3.68. The minimum atomic E-state index is -0.568. The number of amides is 1. The SMILES string of the molecule is CC(CN1CCC(N2CCCC2)C1)(NC1CC1)C(N)=O.